The van der Waals surface area contributed by atoms with Gasteiger partial charge in [-0.3, -0.25) is 0 Å². The van der Waals surface area contributed by atoms with Crippen LogP contribution in [0.25, 0.3) is 0 Å². The lowest BCUT2D eigenvalue weighted by atomic mass is 10.0. The molecule has 1 saturated carbocycles. The van der Waals surface area contributed by atoms with E-state index in [4.69, 9.17) is 28.5 Å². The van der Waals surface area contributed by atoms with Crippen molar-refractivity contribution in [2.24, 2.45) is 0 Å². The van der Waals surface area contributed by atoms with Gasteiger partial charge in [0.15, 0.2) is 0 Å². The van der Waals surface area contributed by atoms with E-state index >= 15 is 0 Å². The molecule has 66 valence electrons. The van der Waals surface area contributed by atoms with Gasteiger partial charge in [0, 0.05) is 5.56 Å². The van der Waals surface area contributed by atoms with E-state index in [1.807, 2.05) is 0 Å². The van der Waals surface area contributed by atoms with Gasteiger partial charge in [-0.1, -0.05) is 23.2 Å². The van der Waals surface area contributed by atoms with Gasteiger partial charge >= 0.3 is 0 Å². The molecule has 0 bridgehead atoms. The van der Waals surface area contributed by atoms with Crippen LogP contribution < -0.4 is 0 Å². The Morgan fingerprint density at radius 1 is 1.31 bits per heavy atom. The van der Waals surface area contributed by atoms with Crippen molar-refractivity contribution >= 4 is 23.2 Å². The molecule has 0 radical (unpaired) electrons. The van der Waals surface area contributed by atoms with E-state index in [-0.39, 0.29) is 0 Å². The van der Waals surface area contributed by atoms with Gasteiger partial charge in [0.2, 0.25) is 0 Å². The molecule has 0 unspecified atom stereocenters. The fourth-order valence-electron chi connectivity index (χ4n) is 1.28. The number of nitrogens with zero attached hydrogens (tertiary/aromatic N) is 3. The molecule has 1 aromatic heterocycles. The van der Waals surface area contributed by atoms with Crippen LogP contribution in [0.2, 0.25) is 10.3 Å². The highest BCUT2D eigenvalue weighted by Gasteiger charge is 2.48. The van der Waals surface area contributed by atoms with Gasteiger partial charge in [0.05, 0.1) is 11.5 Å². The summed E-state index contributed by atoms with van der Waals surface area (Å²) in [6.45, 7) is 0. The SMILES string of the molecule is N#CC1(c2c(Cl)ncnc2Cl)CC1. The zero-order chi connectivity index (χ0) is 9.47. The second kappa shape index (κ2) is 2.83. The average molecular weight is 214 g/mol. The first kappa shape index (κ1) is 8.74. The molecular formula is C8H5Cl2N3. The Hall–Kier alpha value is -0.850. The van der Waals surface area contributed by atoms with E-state index < -0.39 is 5.41 Å². The molecule has 0 saturated heterocycles. The number of rotatable bonds is 1. The highest BCUT2D eigenvalue weighted by atomic mass is 35.5. The van der Waals surface area contributed by atoms with Gasteiger partial charge in [0.1, 0.15) is 16.6 Å². The topological polar surface area (TPSA) is 49.6 Å². The van der Waals surface area contributed by atoms with Crippen LogP contribution in [0.3, 0.4) is 0 Å². The molecule has 1 aliphatic carbocycles. The van der Waals surface area contributed by atoms with Gasteiger partial charge in [-0.2, -0.15) is 5.26 Å². The van der Waals surface area contributed by atoms with Crippen LogP contribution in [0, 0.1) is 11.3 Å². The van der Waals surface area contributed by atoms with Gasteiger partial charge in [0.25, 0.3) is 0 Å². The molecule has 0 aliphatic heterocycles. The highest BCUT2D eigenvalue weighted by molar-refractivity contribution is 6.34. The molecule has 0 amide bonds. The Kier molecular flexibility index (Phi) is 1.90. The summed E-state index contributed by atoms with van der Waals surface area (Å²) in [6, 6.07) is 2.20. The average Bonchev–Trinajstić information content (AvgIpc) is 2.85. The van der Waals surface area contributed by atoms with Crippen molar-refractivity contribution in [1.29, 1.82) is 5.26 Å². The summed E-state index contributed by atoms with van der Waals surface area (Å²) in [6.07, 6.45) is 2.87. The summed E-state index contributed by atoms with van der Waals surface area (Å²) in [7, 11) is 0. The van der Waals surface area contributed by atoms with Crippen LogP contribution in [0.5, 0.6) is 0 Å². The first-order chi connectivity index (χ1) is 6.19. The van der Waals surface area contributed by atoms with E-state index in [1.54, 1.807) is 0 Å². The fraction of sp³-hybridized carbons (Fsp3) is 0.375. The second-order valence-electron chi connectivity index (χ2n) is 3.02. The Morgan fingerprint density at radius 2 is 1.85 bits per heavy atom. The molecule has 3 nitrogen and oxygen atoms in total. The maximum atomic E-state index is 8.94. The van der Waals surface area contributed by atoms with Crippen LogP contribution in [-0.2, 0) is 5.41 Å². The minimum Gasteiger partial charge on any atom is -0.224 e. The van der Waals surface area contributed by atoms with Crippen molar-refractivity contribution in [2.75, 3.05) is 0 Å². The van der Waals surface area contributed by atoms with Crippen molar-refractivity contribution < 1.29 is 0 Å². The normalized spacial score (nSPS) is 17.9. The zero-order valence-electron chi connectivity index (χ0n) is 6.59. The molecule has 0 aromatic carbocycles. The zero-order valence-corrected chi connectivity index (χ0v) is 8.10. The van der Waals surface area contributed by atoms with Gasteiger partial charge < -0.3 is 0 Å². The van der Waals surface area contributed by atoms with E-state index in [2.05, 4.69) is 16.0 Å². The standard InChI is InChI=1S/C8H5Cl2N3/c9-6-5(7(10)13-4-12-6)8(3-11)1-2-8/h4H,1-2H2. The van der Waals surface area contributed by atoms with E-state index in [1.165, 1.54) is 6.33 Å². The van der Waals surface area contributed by atoms with E-state index in [0.717, 1.165) is 12.8 Å². The van der Waals surface area contributed by atoms with Crippen molar-refractivity contribution in [3.63, 3.8) is 0 Å². The van der Waals surface area contributed by atoms with Crippen molar-refractivity contribution in [3.8, 4) is 6.07 Å². The molecule has 1 aliphatic rings. The van der Waals surface area contributed by atoms with Crippen LogP contribution in [0.15, 0.2) is 6.33 Å². The molecule has 0 N–H and O–H groups in total. The Bertz CT molecular complexity index is 373. The van der Waals surface area contributed by atoms with Gasteiger partial charge in [-0.15, -0.1) is 0 Å². The quantitative estimate of drug-likeness (QED) is 0.674. The lowest BCUT2D eigenvalue weighted by Gasteiger charge is -2.08. The monoisotopic (exact) mass is 213 g/mol. The summed E-state index contributed by atoms with van der Waals surface area (Å²) < 4.78 is 0. The number of hydrogen-bond donors (Lipinski definition) is 0. The first-order valence-corrected chi connectivity index (χ1v) is 4.53. The molecule has 1 fully saturated rings. The lowest BCUT2D eigenvalue weighted by molar-refractivity contribution is 0.881. The van der Waals surface area contributed by atoms with E-state index in [0.29, 0.717) is 15.9 Å². The number of aromatic nitrogens is 2. The number of hydrogen-bond acceptors (Lipinski definition) is 3. The summed E-state index contributed by atoms with van der Waals surface area (Å²) in [5.74, 6) is 0. The van der Waals surface area contributed by atoms with Crippen LogP contribution in [-0.4, -0.2) is 9.97 Å². The van der Waals surface area contributed by atoms with Crippen LogP contribution in [0.1, 0.15) is 18.4 Å². The summed E-state index contributed by atoms with van der Waals surface area (Å²) in [5.41, 5.74) is 0.0657. The second-order valence-corrected chi connectivity index (χ2v) is 3.74. The Labute approximate surface area is 85.3 Å². The molecule has 0 spiro atoms. The molecule has 1 aromatic rings. The number of nitriles is 1. The predicted octanol–water partition coefficient (Wildman–Crippen LogP) is 2.34. The fourth-order valence-corrected chi connectivity index (χ4v) is 1.96. The van der Waals surface area contributed by atoms with Crippen molar-refractivity contribution in [1.82, 2.24) is 9.97 Å². The molecule has 13 heavy (non-hydrogen) atoms. The third-order valence-corrected chi connectivity index (χ3v) is 2.77. The third kappa shape index (κ3) is 1.27. The van der Waals surface area contributed by atoms with Gasteiger partial charge in [-0.25, -0.2) is 9.97 Å². The summed E-state index contributed by atoms with van der Waals surface area (Å²) >= 11 is 11.7. The van der Waals surface area contributed by atoms with Crippen LogP contribution in [0.4, 0.5) is 0 Å². The smallest absolute Gasteiger partial charge is 0.138 e. The molecular weight excluding hydrogens is 209 g/mol. The minimum atomic E-state index is -0.518. The molecule has 5 heteroatoms. The summed E-state index contributed by atoms with van der Waals surface area (Å²) in [5, 5.41) is 9.52. The Balaban J connectivity index is 2.58. The summed E-state index contributed by atoms with van der Waals surface area (Å²) in [4.78, 5) is 7.63. The largest absolute Gasteiger partial charge is 0.224 e. The maximum Gasteiger partial charge on any atom is 0.138 e. The third-order valence-electron chi connectivity index (χ3n) is 2.20. The minimum absolute atomic E-state index is 0.291. The van der Waals surface area contributed by atoms with E-state index in [9.17, 15) is 0 Å². The molecule has 2 rings (SSSR count). The van der Waals surface area contributed by atoms with Crippen molar-refractivity contribution in [2.45, 2.75) is 18.3 Å². The van der Waals surface area contributed by atoms with Crippen LogP contribution >= 0.6 is 23.2 Å². The number of halogens is 2. The maximum absolute atomic E-state index is 8.94. The predicted molar refractivity (Wildman–Crippen MR) is 48.6 cm³/mol. The van der Waals surface area contributed by atoms with Gasteiger partial charge in [-0.05, 0) is 12.8 Å². The molecule has 1 heterocycles. The molecule has 0 atom stereocenters. The van der Waals surface area contributed by atoms with Crippen molar-refractivity contribution in [3.05, 3.63) is 22.2 Å². The Morgan fingerprint density at radius 3 is 2.23 bits per heavy atom. The first-order valence-electron chi connectivity index (χ1n) is 3.77. The lowest BCUT2D eigenvalue weighted by Crippen LogP contribution is -2.06. The highest BCUT2D eigenvalue weighted by Crippen LogP contribution is 2.51.